The maximum atomic E-state index is 14.4. The van der Waals surface area contributed by atoms with Crippen molar-refractivity contribution >= 4 is 11.6 Å². The Kier molecular flexibility index (Phi) is 7.47. The zero-order valence-electron chi connectivity index (χ0n) is 21.4. The lowest BCUT2D eigenvalue weighted by molar-refractivity contribution is -0.384. The van der Waals surface area contributed by atoms with Gasteiger partial charge in [0.05, 0.1) is 28.5 Å². The standard InChI is InChI=1S/C29H27F2N5O3/c1-2-34(29(37)20-10-12-23(13-11-20)36(38)39)19-27-25-18-33(17-21-6-3-4-9-26(21)31)15-14-28(25)35(32-27)24-8-5-7-22(30)16-24/h3-13,16H,2,14-15,17-19H2,1H3. The molecular formula is C29H27F2N5O3. The van der Waals surface area contributed by atoms with Gasteiger partial charge in [0.2, 0.25) is 0 Å². The predicted octanol–water partition coefficient (Wildman–Crippen LogP) is 5.28. The van der Waals surface area contributed by atoms with Gasteiger partial charge in [0.1, 0.15) is 11.6 Å². The molecule has 4 aromatic rings. The van der Waals surface area contributed by atoms with Crippen molar-refractivity contribution in [1.29, 1.82) is 0 Å². The van der Waals surface area contributed by atoms with Crippen LogP contribution in [0.3, 0.4) is 0 Å². The molecule has 0 saturated carbocycles. The van der Waals surface area contributed by atoms with Crippen molar-refractivity contribution in [2.75, 3.05) is 13.1 Å². The van der Waals surface area contributed by atoms with Gasteiger partial charge in [-0.1, -0.05) is 24.3 Å². The van der Waals surface area contributed by atoms with Gasteiger partial charge in [0.15, 0.2) is 0 Å². The lowest BCUT2D eigenvalue weighted by Crippen LogP contribution is -2.33. The van der Waals surface area contributed by atoms with E-state index in [0.717, 1.165) is 11.3 Å². The second-order valence-corrected chi connectivity index (χ2v) is 9.44. The largest absolute Gasteiger partial charge is 0.333 e. The molecule has 39 heavy (non-hydrogen) atoms. The van der Waals surface area contributed by atoms with E-state index >= 15 is 0 Å². The second-order valence-electron chi connectivity index (χ2n) is 9.44. The molecule has 1 aliphatic heterocycles. The first-order chi connectivity index (χ1) is 18.8. The topological polar surface area (TPSA) is 84.5 Å². The normalized spacial score (nSPS) is 13.2. The molecule has 0 N–H and O–H groups in total. The fraction of sp³-hybridized carbons (Fsp3) is 0.241. The molecule has 0 radical (unpaired) electrons. The number of halogens is 2. The summed E-state index contributed by atoms with van der Waals surface area (Å²) in [6, 6.07) is 18.4. The predicted molar refractivity (Wildman–Crippen MR) is 141 cm³/mol. The average Bonchev–Trinajstić information content (AvgIpc) is 3.30. The van der Waals surface area contributed by atoms with Crippen LogP contribution in [0.4, 0.5) is 14.5 Å². The average molecular weight is 532 g/mol. The molecule has 2 heterocycles. The number of hydrogen-bond acceptors (Lipinski definition) is 5. The number of hydrogen-bond donors (Lipinski definition) is 0. The lowest BCUT2D eigenvalue weighted by atomic mass is 10.0. The monoisotopic (exact) mass is 531 g/mol. The molecule has 8 nitrogen and oxygen atoms in total. The summed E-state index contributed by atoms with van der Waals surface area (Å²) in [7, 11) is 0. The molecule has 0 spiro atoms. The van der Waals surface area contributed by atoms with Crippen molar-refractivity contribution in [1.82, 2.24) is 19.6 Å². The lowest BCUT2D eigenvalue weighted by Gasteiger charge is -2.28. The van der Waals surface area contributed by atoms with Crippen molar-refractivity contribution in [3.05, 3.63) is 123 Å². The Labute approximate surface area is 224 Å². The van der Waals surface area contributed by atoms with Crippen molar-refractivity contribution in [2.45, 2.75) is 33.0 Å². The van der Waals surface area contributed by atoms with Crippen LogP contribution in [0, 0.1) is 21.7 Å². The molecule has 1 aromatic heterocycles. The molecule has 5 rings (SSSR count). The van der Waals surface area contributed by atoms with E-state index in [1.807, 2.05) is 13.0 Å². The molecule has 0 unspecified atom stereocenters. The van der Waals surface area contributed by atoms with Gasteiger partial charge in [-0.2, -0.15) is 5.10 Å². The van der Waals surface area contributed by atoms with Gasteiger partial charge in [-0.25, -0.2) is 13.5 Å². The third kappa shape index (κ3) is 5.56. The van der Waals surface area contributed by atoms with Gasteiger partial charge in [0.25, 0.3) is 11.6 Å². The van der Waals surface area contributed by atoms with E-state index in [9.17, 15) is 23.7 Å². The quantitative estimate of drug-likeness (QED) is 0.228. The number of amides is 1. The summed E-state index contributed by atoms with van der Waals surface area (Å²) in [5.41, 5.74) is 3.96. The Morgan fingerprint density at radius 2 is 1.85 bits per heavy atom. The number of fused-ring (bicyclic) bond motifs is 1. The van der Waals surface area contributed by atoms with Crippen LogP contribution in [0.2, 0.25) is 0 Å². The van der Waals surface area contributed by atoms with Gasteiger partial charge < -0.3 is 4.90 Å². The Hall–Kier alpha value is -4.44. The molecule has 1 aliphatic rings. The number of nitro groups is 1. The van der Waals surface area contributed by atoms with Crippen LogP contribution in [0.15, 0.2) is 72.8 Å². The summed E-state index contributed by atoms with van der Waals surface area (Å²) >= 11 is 0. The molecule has 10 heteroatoms. The van der Waals surface area contributed by atoms with Crippen LogP contribution in [-0.2, 0) is 26.1 Å². The first-order valence-corrected chi connectivity index (χ1v) is 12.7. The highest BCUT2D eigenvalue weighted by atomic mass is 19.1. The SMILES string of the molecule is CCN(Cc1nn(-c2cccc(F)c2)c2c1CN(Cc1ccccc1F)CC2)C(=O)c1ccc([N+](=O)[O-])cc1. The zero-order valence-corrected chi connectivity index (χ0v) is 21.4. The third-order valence-corrected chi connectivity index (χ3v) is 6.96. The van der Waals surface area contributed by atoms with Crippen molar-refractivity contribution in [3.63, 3.8) is 0 Å². The minimum Gasteiger partial charge on any atom is -0.333 e. The van der Waals surface area contributed by atoms with E-state index in [0.29, 0.717) is 55.1 Å². The maximum absolute atomic E-state index is 14.4. The number of nitro benzene ring substituents is 1. The van der Waals surface area contributed by atoms with Gasteiger partial charge in [-0.05, 0) is 43.3 Å². The summed E-state index contributed by atoms with van der Waals surface area (Å²) < 4.78 is 30.2. The Balaban J connectivity index is 1.47. The number of rotatable bonds is 8. The minimum atomic E-state index is -0.510. The van der Waals surface area contributed by atoms with E-state index in [4.69, 9.17) is 5.10 Å². The fourth-order valence-corrected chi connectivity index (χ4v) is 4.91. The van der Waals surface area contributed by atoms with Crippen molar-refractivity contribution in [3.8, 4) is 5.69 Å². The van der Waals surface area contributed by atoms with Crippen molar-refractivity contribution in [2.24, 2.45) is 0 Å². The number of benzene rings is 3. The van der Waals surface area contributed by atoms with E-state index in [2.05, 4.69) is 4.90 Å². The van der Waals surface area contributed by atoms with Crippen LogP contribution in [0.25, 0.3) is 5.69 Å². The van der Waals surface area contributed by atoms with Crippen molar-refractivity contribution < 1.29 is 18.5 Å². The van der Waals surface area contributed by atoms with Crippen LogP contribution < -0.4 is 0 Å². The van der Waals surface area contributed by atoms with Gasteiger partial charge >= 0.3 is 0 Å². The number of nitrogens with zero attached hydrogens (tertiary/aromatic N) is 5. The van der Waals surface area contributed by atoms with E-state index in [1.165, 1.54) is 42.5 Å². The van der Waals surface area contributed by atoms with Crippen LogP contribution in [0.1, 0.15) is 39.8 Å². The molecule has 0 fully saturated rings. The Morgan fingerprint density at radius 3 is 2.54 bits per heavy atom. The van der Waals surface area contributed by atoms with E-state index < -0.39 is 4.92 Å². The smallest absolute Gasteiger partial charge is 0.269 e. The summed E-state index contributed by atoms with van der Waals surface area (Å²) in [5, 5.41) is 15.8. The van der Waals surface area contributed by atoms with Gasteiger partial charge in [-0.15, -0.1) is 0 Å². The Morgan fingerprint density at radius 1 is 1.08 bits per heavy atom. The molecule has 0 aliphatic carbocycles. The maximum Gasteiger partial charge on any atom is 0.269 e. The minimum absolute atomic E-state index is 0.0903. The van der Waals surface area contributed by atoms with Gasteiger partial charge in [-0.3, -0.25) is 19.8 Å². The highest BCUT2D eigenvalue weighted by molar-refractivity contribution is 5.94. The van der Waals surface area contributed by atoms with E-state index in [-0.39, 0.29) is 29.8 Å². The number of aromatic nitrogens is 2. The number of carbonyl (C=O) groups excluding carboxylic acids is 1. The summed E-state index contributed by atoms with van der Waals surface area (Å²) in [6.07, 6.45) is 0.621. The molecular weight excluding hydrogens is 504 g/mol. The zero-order chi connectivity index (χ0) is 27.5. The molecule has 0 saturated heterocycles. The van der Waals surface area contributed by atoms with E-state index in [1.54, 1.807) is 33.8 Å². The molecule has 200 valence electrons. The molecule has 0 atom stereocenters. The van der Waals surface area contributed by atoms with Gasteiger partial charge in [0, 0.05) is 61.4 Å². The first-order valence-electron chi connectivity index (χ1n) is 12.7. The first kappa shape index (κ1) is 26.2. The Bertz CT molecular complexity index is 1520. The summed E-state index contributed by atoms with van der Waals surface area (Å²) in [5.74, 6) is -0.913. The van der Waals surface area contributed by atoms with Crippen LogP contribution >= 0.6 is 0 Å². The highest BCUT2D eigenvalue weighted by Gasteiger charge is 2.28. The van der Waals surface area contributed by atoms with Crippen LogP contribution in [-0.4, -0.2) is 43.5 Å². The fourth-order valence-electron chi connectivity index (χ4n) is 4.91. The summed E-state index contributed by atoms with van der Waals surface area (Å²) in [4.78, 5) is 27.6. The second kappa shape index (κ2) is 11.1. The number of carbonyl (C=O) groups is 1. The number of non-ortho nitro benzene ring substituents is 1. The molecule has 1 amide bonds. The molecule has 0 bridgehead atoms. The summed E-state index contributed by atoms with van der Waals surface area (Å²) in [6.45, 7) is 4.03. The molecule has 3 aromatic carbocycles. The third-order valence-electron chi connectivity index (χ3n) is 6.96. The highest BCUT2D eigenvalue weighted by Crippen LogP contribution is 2.28. The van der Waals surface area contributed by atoms with Crippen LogP contribution in [0.5, 0.6) is 0 Å².